The van der Waals surface area contributed by atoms with Crippen LogP contribution in [-0.4, -0.2) is 55.1 Å². The molecule has 1 saturated heterocycles. The Kier molecular flexibility index (Phi) is 6.28. The Hall–Kier alpha value is -2.96. The van der Waals surface area contributed by atoms with E-state index in [0.717, 1.165) is 37.2 Å². The molecular formula is C28H32N2O4. The highest BCUT2D eigenvalue weighted by Gasteiger charge is 2.42. The summed E-state index contributed by atoms with van der Waals surface area (Å²) in [5.41, 5.74) is 4.07. The smallest absolute Gasteiger partial charge is 0.290 e. The molecule has 1 atom stereocenters. The van der Waals surface area contributed by atoms with Crippen molar-refractivity contribution in [1.29, 1.82) is 0 Å². The van der Waals surface area contributed by atoms with Crippen molar-refractivity contribution in [2.75, 3.05) is 39.4 Å². The summed E-state index contributed by atoms with van der Waals surface area (Å²) in [4.78, 5) is 31.5. The molecule has 6 nitrogen and oxygen atoms in total. The van der Waals surface area contributed by atoms with Gasteiger partial charge in [-0.1, -0.05) is 51.1 Å². The molecule has 34 heavy (non-hydrogen) atoms. The number of benzene rings is 2. The molecule has 0 radical (unpaired) electrons. The normalized spacial score (nSPS) is 18.8. The van der Waals surface area contributed by atoms with Gasteiger partial charge in [-0.05, 0) is 41.2 Å². The van der Waals surface area contributed by atoms with Crippen molar-refractivity contribution < 1.29 is 13.9 Å². The molecule has 6 heteroatoms. The van der Waals surface area contributed by atoms with Crippen LogP contribution < -0.4 is 5.43 Å². The lowest BCUT2D eigenvalue weighted by Crippen LogP contribution is -2.42. The molecule has 2 aliphatic heterocycles. The van der Waals surface area contributed by atoms with E-state index in [-0.39, 0.29) is 17.1 Å². The van der Waals surface area contributed by atoms with Crippen LogP contribution in [0.3, 0.4) is 0 Å². The van der Waals surface area contributed by atoms with Crippen LogP contribution in [0, 0.1) is 0 Å². The number of carbonyl (C=O) groups is 1. The Morgan fingerprint density at radius 2 is 1.74 bits per heavy atom. The van der Waals surface area contributed by atoms with E-state index in [2.05, 4.69) is 49.9 Å². The summed E-state index contributed by atoms with van der Waals surface area (Å²) in [5.74, 6) is 0.381. The summed E-state index contributed by atoms with van der Waals surface area (Å²) in [6.45, 7) is 10.7. The Balaban J connectivity index is 1.60. The van der Waals surface area contributed by atoms with Gasteiger partial charge < -0.3 is 14.1 Å². The molecule has 2 aliphatic rings. The third-order valence-corrected chi connectivity index (χ3v) is 7.12. The monoisotopic (exact) mass is 460 g/mol. The summed E-state index contributed by atoms with van der Waals surface area (Å²) in [5, 5.41) is 0.546. The van der Waals surface area contributed by atoms with Crippen LogP contribution in [0.4, 0.5) is 0 Å². The molecule has 1 aromatic heterocycles. The van der Waals surface area contributed by atoms with Crippen LogP contribution in [0.15, 0.2) is 51.7 Å². The van der Waals surface area contributed by atoms with Crippen LogP contribution in [0.5, 0.6) is 0 Å². The van der Waals surface area contributed by atoms with Crippen molar-refractivity contribution in [1.82, 2.24) is 9.80 Å². The first-order chi connectivity index (χ1) is 16.5. The van der Waals surface area contributed by atoms with Gasteiger partial charge in [0.1, 0.15) is 5.58 Å². The minimum atomic E-state index is -0.448. The minimum absolute atomic E-state index is 0.105. The third kappa shape index (κ3) is 4.05. The van der Waals surface area contributed by atoms with Crippen LogP contribution >= 0.6 is 0 Å². The Bertz CT molecular complexity index is 1260. The molecule has 2 aromatic carbocycles. The minimum Gasteiger partial charge on any atom is -0.450 e. The highest BCUT2D eigenvalue weighted by Crippen LogP contribution is 2.38. The average Bonchev–Trinajstić information content (AvgIpc) is 3.15. The molecule has 0 spiro atoms. The second-order valence-corrected chi connectivity index (χ2v) is 9.53. The number of hydrogen-bond donors (Lipinski definition) is 0. The fourth-order valence-electron chi connectivity index (χ4n) is 5.00. The number of nitrogens with zero attached hydrogens (tertiary/aromatic N) is 2. The van der Waals surface area contributed by atoms with Crippen molar-refractivity contribution in [2.24, 2.45) is 0 Å². The van der Waals surface area contributed by atoms with Gasteiger partial charge in [0.05, 0.1) is 30.2 Å². The van der Waals surface area contributed by atoms with E-state index in [0.29, 0.717) is 42.2 Å². The lowest BCUT2D eigenvalue weighted by Gasteiger charge is -2.31. The van der Waals surface area contributed by atoms with Crippen LogP contribution in [0.2, 0.25) is 0 Å². The zero-order chi connectivity index (χ0) is 23.8. The van der Waals surface area contributed by atoms with Crippen molar-refractivity contribution in [2.45, 2.75) is 39.2 Å². The number of amides is 1. The van der Waals surface area contributed by atoms with Gasteiger partial charge in [0, 0.05) is 26.2 Å². The topological polar surface area (TPSA) is 63.0 Å². The lowest BCUT2D eigenvalue weighted by atomic mass is 9.95. The molecule has 1 amide bonds. The molecule has 5 rings (SSSR count). The zero-order valence-corrected chi connectivity index (χ0v) is 20.2. The fourth-order valence-corrected chi connectivity index (χ4v) is 5.00. The van der Waals surface area contributed by atoms with Crippen LogP contribution in [0.1, 0.15) is 65.5 Å². The quantitative estimate of drug-likeness (QED) is 0.547. The van der Waals surface area contributed by atoms with E-state index in [4.69, 9.17) is 9.15 Å². The number of fused-ring (bicyclic) bond motifs is 2. The molecule has 0 N–H and O–H groups in total. The molecule has 3 heterocycles. The number of carbonyl (C=O) groups excluding carboxylic acids is 1. The van der Waals surface area contributed by atoms with Gasteiger partial charge in [0.15, 0.2) is 5.43 Å². The summed E-state index contributed by atoms with van der Waals surface area (Å²) in [6.07, 6.45) is 0.831. The van der Waals surface area contributed by atoms with Gasteiger partial charge in [0.2, 0.25) is 5.76 Å². The van der Waals surface area contributed by atoms with Crippen LogP contribution in [-0.2, 0) is 11.2 Å². The first-order valence-corrected chi connectivity index (χ1v) is 12.3. The second-order valence-electron chi connectivity index (χ2n) is 9.53. The van der Waals surface area contributed by atoms with Crippen molar-refractivity contribution in [3.05, 3.63) is 80.7 Å². The number of hydrogen-bond acceptors (Lipinski definition) is 5. The van der Waals surface area contributed by atoms with Crippen LogP contribution in [0.25, 0.3) is 11.0 Å². The van der Waals surface area contributed by atoms with Gasteiger partial charge in [-0.2, -0.15) is 0 Å². The van der Waals surface area contributed by atoms with Gasteiger partial charge in [0.25, 0.3) is 5.91 Å². The van der Waals surface area contributed by atoms with E-state index < -0.39 is 6.04 Å². The maximum absolute atomic E-state index is 13.8. The van der Waals surface area contributed by atoms with E-state index in [9.17, 15) is 9.59 Å². The Labute approximate surface area is 200 Å². The zero-order valence-electron chi connectivity index (χ0n) is 20.2. The number of aryl methyl sites for hydroxylation is 1. The number of morpholine rings is 1. The standard InChI is InChI=1S/C28H32N2O4/c1-4-19-5-10-23-22(17-19)26(31)24-25(21-8-6-20(7-9-21)18(2)3)30(28(32)27(24)34-23)12-11-29-13-15-33-16-14-29/h5-10,17-18,25H,4,11-16H2,1-3H3. The molecule has 1 fully saturated rings. The lowest BCUT2D eigenvalue weighted by molar-refractivity contribution is 0.0314. The fraction of sp³-hybridized carbons (Fsp3) is 0.429. The molecule has 1 unspecified atom stereocenters. The first-order valence-electron chi connectivity index (χ1n) is 12.3. The maximum Gasteiger partial charge on any atom is 0.290 e. The number of ether oxygens (including phenoxy) is 1. The summed E-state index contributed by atoms with van der Waals surface area (Å²) in [7, 11) is 0. The van der Waals surface area contributed by atoms with Gasteiger partial charge >= 0.3 is 0 Å². The van der Waals surface area contributed by atoms with Gasteiger partial charge in [-0.3, -0.25) is 14.5 Å². The van der Waals surface area contributed by atoms with E-state index in [1.807, 2.05) is 23.1 Å². The molecule has 0 aliphatic carbocycles. The second kappa shape index (κ2) is 9.35. The summed E-state index contributed by atoms with van der Waals surface area (Å²) >= 11 is 0. The molecule has 0 saturated carbocycles. The molecule has 3 aromatic rings. The predicted molar refractivity (Wildman–Crippen MR) is 133 cm³/mol. The maximum atomic E-state index is 13.8. The Morgan fingerprint density at radius 1 is 1.00 bits per heavy atom. The molecular weight excluding hydrogens is 428 g/mol. The molecule has 178 valence electrons. The van der Waals surface area contributed by atoms with Crippen molar-refractivity contribution >= 4 is 16.9 Å². The van der Waals surface area contributed by atoms with Crippen molar-refractivity contribution in [3.63, 3.8) is 0 Å². The molecule has 0 bridgehead atoms. The van der Waals surface area contributed by atoms with Gasteiger partial charge in [-0.15, -0.1) is 0 Å². The van der Waals surface area contributed by atoms with E-state index in [1.54, 1.807) is 0 Å². The SMILES string of the molecule is CCc1ccc2oc3c(c(=O)c2c1)C(c1ccc(C(C)C)cc1)N(CCN1CCOCC1)C3=O. The van der Waals surface area contributed by atoms with Crippen molar-refractivity contribution in [3.8, 4) is 0 Å². The highest BCUT2D eigenvalue weighted by atomic mass is 16.5. The Morgan fingerprint density at radius 3 is 2.41 bits per heavy atom. The van der Waals surface area contributed by atoms with E-state index in [1.165, 1.54) is 5.56 Å². The van der Waals surface area contributed by atoms with Gasteiger partial charge in [-0.25, -0.2) is 0 Å². The predicted octanol–water partition coefficient (Wildman–Crippen LogP) is 4.36. The third-order valence-electron chi connectivity index (χ3n) is 7.12. The summed E-state index contributed by atoms with van der Waals surface area (Å²) < 4.78 is 11.6. The average molecular weight is 461 g/mol. The largest absolute Gasteiger partial charge is 0.450 e. The van der Waals surface area contributed by atoms with E-state index >= 15 is 0 Å². The number of rotatable bonds is 6. The highest BCUT2D eigenvalue weighted by molar-refractivity contribution is 5.99. The summed E-state index contributed by atoms with van der Waals surface area (Å²) in [6, 6.07) is 13.5. The first kappa shape index (κ1) is 22.8.